The molecule has 0 unspecified atom stereocenters. The number of aryl methyl sites for hydroxylation is 1. The number of aromatic nitrogens is 2. The van der Waals surface area contributed by atoms with Crippen molar-refractivity contribution >= 4 is 23.4 Å². The Morgan fingerprint density at radius 2 is 2.25 bits per heavy atom. The van der Waals surface area contributed by atoms with Crippen LogP contribution in [0.3, 0.4) is 0 Å². The van der Waals surface area contributed by atoms with Crippen molar-refractivity contribution in [3.8, 4) is 0 Å². The zero-order valence-corrected chi connectivity index (χ0v) is 10.2. The fourth-order valence-corrected chi connectivity index (χ4v) is 2.34. The molecule has 6 heteroatoms. The summed E-state index contributed by atoms with van der Waals surface area (Å²) < 4.78 is 5.28. The molecule has 0 spiro atoms. The number of hydrogen-bond donors (Lipinski definition) is 1. The Balaban J connectivity index is 2.29. The minimum atomic E-state index is 0.451. The van der Waals surface area contributed by atoms with Gasteiger partial charge in [0, 0.05) is 23.4 Å². The van der Waals surface area contributed by atoms with Crippen LogP contribution in [-0.4, -0.2) is 10.2 Å². The van der Waals surface area contributed by atoms with Crippen molar-refractivity contribution < 1.29 is 4.42 Å². The first-order valence-electron chi connectivity index (χ1n) is 4.65. The minimum absolute atomic E-state index is 0.451. The van der Waals surface area contributed by atoms with Crippen LogP contribution >= 0.6 is 23.4 Å². The van der Waals surface area contributed by atoms with Crippen molar-refractivity contribution in [2.24, 2.45) is 5.73 Å². The lowest BCUT2D eigenvalue weighted by Crippen LogP contribution is -1.97. The molecule has 1 aromatic heterocycles. The van der Waals surface area contributed by atoms with E-state index < -0.39 is 0 Å². The lowest BCUT2D eigenvalue weighted by atomic mass is 10.2. The van der Waals surface area contributed by atoms with Crippen LogP contribution in [0, 0.1) is 6.92 Å². The quantitative estimate of drug-likeness (QED) is 0.913. The van der Waals surface area contributed by atoms with Crippen molar-refractivity contribution in [3.63, 3.8) is 0 Å². The van der Waals surface area contributed by atoms with Crippen LogP contribution in [0.1, 0.15) is 11.5 Å². The van der Waals surface area contributed by atoms with Gasteiger partial charge in [0.15, 0.2) is 0 Å². The molecule has 0 aliphatic rings. The Hall–Kier alpha value is -1.04. The van der Waals surface area contributed by atoms with Crippen LogP contribution in [0.25, 0.3) is 0 Å². The average molecular weight is 256 g/mol. The van der Waals surface area contributed by atoms with Crippen molar-refractivity contribution in [2.75, 3.05) is 0 Å². The highest BCUT2D eigenvalue weighted by Crippen LogP contribution is 2.31. The van der Waals surface area contributed by atoms with Gasteiger partial charge < -0.3 is 10.2 Å². The predicted octanol–water partition coefficient (Wildman–Crippen LogP) is 2.64. The van der Waals surface area contributed by atoms with Gasteiger partial charge in [0.1, 0.15) is 0 Å². The lowest BCUT2D eigenvalue weighted by Gasteiger charge is -2.04. The molecule has 16 heavy (non-hydrogen) atoms. The summed E-state index contributed by atoms with van der Waals surface area (Å²) in [5, 5.41) is 8.83. The molecule has 0 bridgehead atoms. The first kappa shape index (κ1) is 11.4. The van der Waals surface area contributed by atoms with Crippen LogP contribution in [0.5, 0.6) is 0 Å². The molecule has 0 aliphatic heterocycles. The third-order valence-electron chi connectivity index (χ3n) is 1.95. The second-order valence-electron chi connectivity index (χ2n) is 3.15. The smallest absolute Gasteiger partial charge is 0.281 e. The first-order valence-corrected chi connectivity index (χ1v) is 5.85. The Kier molecular flexibility index (Phi) is 3.48. The Bertz CT molecular complexity index is 501. The Morgan fingerprint density at radius 1 is 1.44 bits per heavy atom. The van der Waals surface area contributed by atoms with Crippen molar-refractivity contribution in [2.45, 2.75) is 23.6 Å². The standard InChI is InChI=1S/C10H10ClN3OS/c1-6-13-14-10(15-6)16-9-4-8(11)3-2-7(9)5-12/h2-4H,5,12H2,1H3. The van der Waals surface area contributed by atoms with Crippen molar-refractivity contribution in [1.82, 2.24) is 10.2 Å². The van der Waals surface area contributed by atoms with E-state index in [1.807, 2.05) is 18.2 Å². The monoisotopic (exact) mass is 255 g/mol. The van der Waals surface area contributed by atoms with Gasteiger partial charge in [0.25, 0.3) is 5.22 Å². The minimum Gasteiger partial charge on any atom is -0.416 e. The molecule has 0 amide bonds. The van der Waals surface area contributed by atoms with Gasteiger partial charge in [0.05, 0.1) is 0 Å². The van der Waals surface area contributed by atoms with Gasteiger partial charge in [-0.2, -0.15) is 0 Å². The summed E-state index contributed by atoms with van der Waals surface area (Å²) in [4.78, 5) is 0.943. The second-order valence-corrected chi connectivity index (χ2v) is 4.57. The average Bonchev–Trinajstić information content (AvgIpc) is 2.64. The number of nitrogens with zero attached hydrogens (tertiary/aromatic N) is 2. The molecule has 2 aromatic rings. The van der Waals surface area contributed by atoms with Gasteiger partial charge in [-0.3, -0.25) is 0 Å². The number of halogens is 1. The second kappa shape index (κ2) is 4.86. The summed E-state index contributed by atoms with van der Waals surface area (Å²) in [5.41, 5.74) is 6.64. The highest BCUT2D eigenvalue weighted by molar-refractivity contribution is 7.99. The number of benzene rings is 1. The van der Waals surface area contributed by atoms with E-state index in [0.29, 0.717) is 22.7 Å². The zero-order chi connectivity index (χ0) is 11.5. The van der Waals surface area contributed by atoms with E-state index in [1.165, 1.54) is 11.8 Å². The van der Waals surface area contributed by atoms with Crippen LogP contribution in [-0.2, 0) is 6.54 Å². The maximum atomic E-state index is 5.92. The summed E-state index contributed by atoms with van der Waals surface area (Å²) >= 11 is 7.29. The fraction of sp³-hybridized carbons (Fsp3) is 0.200. The normalized spacial score (nSPS) is 10.7. The molecule has 0 saturated carbocycles. The highest BCUT2D eigenvalue weighted by atomic mass is 35.5. The molecular formula is C10H10ClN3OS. The molecule has 4 nitrogen and oxygen atoms in total. The van der Waals surface area contributed by atoms with E-state index >= 15 is 0 Å². The molecule has 0 aliphatic carbocycles. The fourth-order valence-electron chi connectivity index (χ4n) is 1.21. The van der Waals surface area contributed by atoms with Crippen LogP contribution in [0.15, 0.2) is 32.7 Å². The summed E-state index contributed by atoms with van der Waals surface area (Å²) in [5.74, 6) is 0.541. The SMILES string of the molecule is Cc1nnc(Sc2cc(Cl)ccc2CN)o1. The van der Waals surface area contributed by atoms with Gasteiger partial charge in [-0.05, 0) is 29.5 Å². The number of hydrogen-bond acceptors (Lipinski definition) is 5. The van der Waals surface area contributed by atoms with E-state index in [1.54, 1.807) is 6.92 Å². The van der Waals surface area contributed by atoms with Gasteiger partial charge in [-0.25, -0.2) is 0 Å². The highest BCUT2D eigenvalue weighted by Gasteiger charge is 2.09. The summed E-state index contributed by atoms with van der Waals surface area (Å²) in [6.07, 6.45) is 0. The third-order valence-corrected chi connectivity index (χ3v) is 3.13. The Labute approximate surface area is 102 Å². The van der Waals surface area contributed by atoms with Gasteiger partial charge in [0.2, 0.25) is 5.89 Å². The maximum Gasteiger partial charge on any atom is 0.281 e. The molecule has 0 radical (unpaired) electrons. The maximum absolute atomic E-state index is 5.92. The summed E-state index contributed by atoms with van der Waals surface area (Å²) in [6.45, 7) is 2.20. The van der Waals surface area contributed by atoms with E-state index in [0.717, 1.165) is 10.5 Å². The lowest BCUT2D eigenvalue weighted by molar-refractivity contribution is 0.429. The summed E-state index contributed by atoms with van der Waals surface area (Å²) in [6, 6.07) is 5.55. The van der Waals surface area contributed by atoms with Gasteiger partial charge >= 0.3 is 0 Å². The van der Waals surface area contributed by atoms with Crippen molar-refractivity contribution in [1.29, 1.82) is 0 Å². The zero-order valence-electron chi connectivity index (χ0n) is 8.61. The van der Waals surface area contributed by atoms with Crippen LogP contribution in [0.2, 0.25) is 5.02 Å². The molecule has 0 saturated heterocycles. The number of nitrogens with two attached hydrogens (primary N) is 1. The molecule has 0 atom stereocenters. The van der Waals surface area contributed by atoms with E-state index in [-0.39, 0.29) is 0 Å². The molecule has 2 rings (SSSR count). The summed E-state index contributed by atoms with van der Waals surface area (Å²) in [7, 11) is 0. The topological polar surface area (TPSA) is 64.9 Å². The molecule has 0 fully saturated rings. The first-order chi connectivity index (χ1) is 7.69. The largest absolute Gasteiger partial charge is 0.416 e. The van der Waals surface area contributed by atoms with E-state index in [2.05, 4.69) is 10.2 Å². The third kappa shape index (κ3) is 2.55. The van der Waals surface area contributed by atoms with Crippen LogP contribution in [0.4, 0.5) is 0 Å². The van der Waals surface area contributed by atoms with E-state index in [4.69, 9.17) is 21.8 Å². The molecule has 84 valence electrons. The van der Waals surface area contributed by atoms with Gasteiger partial charge in [-0.1, -0.05) is 17.7 Å². The molecule has 1 aromatic carbocycles. The number of rotatable bonds is 3. The molecular weight excluding hydrogens is 246 g/mol. The predicted molar refractivity (Wildman–Crippen MR) is 62.5 cm³/mol. The molecule has 1 heterocycles. The van der Waals surface area contributed by atoms with E-state index in [9.17, 15) is 0 Å². The Morgan fingerprint density at radius 3 is 2.88 bits per heavy atom. The molecule has 2 N–H and O–H groups in total. The van der Waals surface area contributed by atoms with Gasteiger partial charge in [-0.15, -0.1) is 10.2 Å². The van der Waals surface area contributed by atoms with Crippen molar-refractivity contribution in [3.05, 3.63) is 34.7 Å². The van der Waals surface area contributed by atoms with Crippen LogP contribution < -0.4 is 5.73 Å².